The Morgan fingerprint density at radius 2 is 2.07 bits per heavy atom. The molecule has 82 valence electrons. The third kappa shape index (κ3) is 3.04. The van der Waals surface area contributed by atoms with E-state index in [-0.39, 0.29) is 0 Å². The standard InChI is InChI=1S/C11H12Cl2OS/c12-9-2-1-3-10(13)11(9)15-7-8-4-5-14-6-8/h1-3,8H,4-7H2. The van der Waals surface area contributed by atoms with Gasteiger partial charge >= 0.3 is 0 Å². The Morgan fingerprint density at radius 1 is 1.33 bits per heavy atom. The van der Waals surface area contributed by atoms with Gasteiger partial charge in [0.05, 0.1) is 16.7 Å². The molecule has 15 heavy (non-hydrogen) atoms. The average molecular weight is 263 g/mol. The maximum absolute atomic E-state index is 6.08. The van der Waals surface area contributed by atoms with Crippen LogP contribution in [-0.2, 0) is 4.74 Å². The van der Waals surface area contributed by atoms with Crippen molar-refractivity contribution in [1.82, 2.24) is 0 Å². The van der Waals surface area contributed by atoms with Crippen molar-refractivity contribution in [3.05, 3.63) is 28.2 Å². The van der Waals surface area contributed by atoms with Crippen molar-refractivity contribution in [3.8, 4) is 0 Å². The highest BCUT2D eigenvalue weighted by atomic mass is 35.5. The summed E-state index contributed by atoms with van der Waals surface area (Å²) in [4.78, 5) is 0.993. The van der Waals surface area contributed by atoms with Crippen molar-refractivity contribution in [1.29, 1.82) is 0 Å². The molecule has 1 fully saturated rings. The predicted molar refractivity (Wildman–Crippen MR) is 66.1 cm³/mol. The number of hydrogen-bond donors (Lipinski definition) is 0. The van der Waals surface area contributed by atoms with Gasteiger partial charge in [0, 0.05) is 17.3 Å². The highest BCUT2D eigenvalue weighted by molar-refractivity contribution is 7.99. The van der Waals surface area contributed by atoms with E-state index in [9.17, 15) is 0 Å². The second-order valence-corrected chi connectivity index (χ2v) is 5.44. The molecule has 0 aromatic heterocycles. The molecule has 0 spiro atoms. The third-order valence-electron chi connectivity index (χ3n) is 2.41. The summed E-state index contributed by atoms with van der Waals surface area (Å²) < 4.78 is 5.33. The van der Waals surface area contributed by atoms with E-state index < -0.39 is 0 Å². The summed E-state index contributed by atoms with van der Waals surface area (Å²) >= 11 is 13.9. The van der Waals surface area contributed by atoms with Gasteiger partial charge in [-0.25, -0.2) is 0 Å². The van der Waals surface area contributed by atoms with Crippen LogP contribution in [0.4, 0.5) is 0 Å². The highest BCUT2D eigenvalue weighted by Gasteiger charge is 2.17. The molecule has 0 bridgehead atoms. The molecule has 0 saturated carbocycles. The van der Waals surface area contributed by atoms with E-state index in [0.29, 0.717) is 5.92 Å². The summed E-state index contributed by atoms with van der Waals surface area (Å²) in [5.41, 5.74) is 0. The Balaban J connectivity index is 1.97. The lowest BCUT2D eigenvalue weighted by atomic mass is 10.2. The van der Waals surface area contributed by atoms with E-state index >= 15 is 0 Å². The van der Waals surface area contributed by atoms with Gasteiger partial charge in [-0.2, -0.15) is 0 Å². The van der Waals surface area contributed by atoms with Gasteiger partial charge in [0.1, 0.15) is 0 Å². The molecule has 0 N–H and O–H groups in total. The molecule has 1 aliphatic heterocycles. The number of ether oxygens (including phenoxy) is 1. The summed E-state index contributed by atoms with van der Waals surface area (Å²) in [6.07, 6.45) is 1.15. The van der Waals surface area contributed by atoms with Crippen LogP contribution in [0.5, 0.6) is 0 Å². The molecule has 1 unspecified atom stereocenters. The first-order valence-electron chi connectivity index (χ1n) is 4.92. The molecule has 1 aromatic carbocycles. The topological polar surface area (TPSA) is 9.23 Å². The fourth-order valence-corrected chi connectivity index (χ4v) is 3.34. The van der Waals surface area contributed by atoms with Crippen LogP contribution in [0, 0.1) is 5.92 Å². The lowest BCUT2D eigenvalue weighted by Gasteiger charge is -2.09. The quantitative estimate of drug-likeness (QED) is 0.758. The van der Waals surface area contributed by atoms with Gasteiger partial charge in [0.2, 0.25) is 0 Å². The van der Waals surface area contributed by atoms with E-state index in [1.54, 1.807) is 11.8 Å². The summed E-state index contributed by atoms with van der Waals surface area (Å²) in [7, 11) is 0. The Bertz CT molecular complexity index is 317. The number of hydrogen-bond acceptors (Lipinski definition) is 2. The second kappa shape index (κ2) is 5.44. The first kappa shape index (κ1) is 11.6. The molecule has 1 aromatic rings. The Kier molecular flexibility index (Phi) is 4.21. The van der Waals surface area contributed by atoms with Crippen molar-refractivity contribution in [2.24, 2.45) is 5.92 Å². The normalized spacial score (nSPS) is 20.8. The molecule has 1 heterocycles. The molecule has 1 atom stereocenters. The minimum atomic E-state index is 0.641. The van der Waals surface area contributed by atoms with Crippen LogP contribution in [0.2, 0.25) is 10.0 Å². The lowest BCUT2D eigenvalue weighted by Crippen LogP contribution is -2.02. The molecule has 0 aliphatic carbocycles. The SMILES string of the molecule is Clc1cccc(Cl)c1SCC1CCOC1. The van der Waals surface area contributed by atoms with Crippen LogP contribution >= 0.6 is 35.0 Å². The summed E-state index contributed by atoms with van der Waals surface area (Å²) in [5.74, 6) is 1.67. The van der Waals surface area contributed by atoms with E-state index in [4.69, 9.17) is 27.9 Å². The summed E-state index contributed by atoms with van der Waals surface area (Å²) in [6.45, 7) is 1.76. The van der Waals surface area contributed by atoms with Crippen LogP contribution in [-0.4, -0.2) is 19.0 Å². The van der Waals surface area contributed by atoms with Crippen molar-refractivity contribution >= 4 is 35.0 Å². The molecule has 1 saturated heterocycles. The molecule has 0 amide bonds. The number of thioether (sulfide) groups is 1. The van der Waals surface area contributed by atoms with E-state index in [1.165, 1.54) is 0 Å². The monoisotopic (exact) mass is 262 g/mol. The maximum atomic E-state index is 6.08. The molecule has 1 aliphatic rings. The Labute approximate surface area is 104 Å². The van der Waals surface area contributed by atoms with E-state index in [1.807, 2.05) is 18.2 Å². The number of rotatable bonds is 3. The predicted octanol–water partition coefficient (Wildman–Crippen LogP) is 4.12. The molecule has 1 nitrogen and oxygen atoms in total. The fourth-order valence-electron chi connectivity index (χ4n) is 1.54. The summed E-state index contributed by atoms with van der Waals surface area (Å²) in [6, 6.07) is 5.62. The van der Waals surface area contributed by atoms with Gasteiger partial charge in [0.25, 0.3) is 0 Å². The second-order valence-electron chi connectivity index (χ2n) is 3.59. The van der Waals surface area contributed by atoms with Gasteiger partial charge in [-0.3, -0.25) is 0 Å². The van der Waals surface area contributed by atoms with Gasteiger partial charge in [-0.1, -0.05) is 29.3 Å². The first-order chi connectivity index (χ1) is 7.27. The fraction of sp³-hybridized carbons (Fsp3) is 0.455. The van der Waals surface area contributed by atoms with Gasteiger partial charge in [-0.05, 0) is 24.5 Å². The Morgan fingerprint density at radius 3 is 2.67 bits per heavy atom. The Hall–Kier alpha value is 0.110. The van der Waals surface area contributed by atoms with Crippen molar-refractivity contribution in [2.75, 3.05) is 19.0 Å². The number of halogens is 2. The van der Waals surface area contributed by atoms with Crippen LogP contribution in [0.25, 0.3) is 0 Å². The van der Waals surface area contributed by atoms with Crippen molar-refractivity contribution < 1.29 is 4.74 Å². The zero-order valence-corrected chi connectivity index (χ0v) is 10.5. The van der Waals surface area contributed by atoms with Gasteiger partial charge in [0.15, 0.2) is 0 Å². The zero-order valence-electron chi connectivity index (χ0n) is 8.21. The minimum absolute atomic E-state index is 0.641. The smallest absolute Gasteiger partial charge is 0.0556 e. The molecule has 0 radical (unpaired) electrons. The van der Waals surface area contributed by atoms with E-state index in [2.05, 4.69) is 0 Å². The van der Waals surface area contributed by atoms with Crippen molar-refractivity contribution in [3.63, 3.8) is 0 Å². The average Bonchev–Trinajstić information content (AvgIpc) is 2.70. The maximum Gasteiger partial charge on any atom is 0.0556 e. The van der Waals surface area contributed by atoms with Gasteiger partial charge < -0.3 is 4.74 Å². The zero-order chi connectivity index (χ0) is 10.7. The van der Waals surface area contributed by atoms with Crippen LogP contribution in [0.15, 0.2) is 23.1 Å². The van der Waals surface area contributed by atoms with Crippen LogP contribution in [0.3, 0.4) is 0 Å². The third-order valence-corrected chi connectivity index (χ3v) is 4.63. The molecule has 2 rings (SSSR count). The van der Waals surface area contributed by atoms with Gasteiger partial charge in [-0.15, -0.1) is 11.8 Å². The van der Waals surface area contributed by atoms with Crippen LogP contribution in [0.1, 0.15) is 6.42 Å². The molecular formula is C11H12Cl2OS. The molecule has 4 heteroatoms. The highest BCUT2D eigenvalue weighted by Crippen LogP contribution is 2.35. The molecular weight excluding hydrogens is 251 g/mol. The first-order valence-corrected chi connectivity index (χ1v) is 6.66. The van der Waals surface area contributed by atoms with E-state index in [0.717, 1.165) is 40.3 Å². The lowest BCUT2D eigenvalue weighted by molar-refractivity contribution is 0.189. The van der Waals surface area contributed by atoms with Crippen molar-refractivity contribution in [2.45, 2.75) is 11.3 Å². The summed E-state index contributed by atoms with van der Waals surface area (Å²) in [5, 5.41) is 1.48. The largest absolute Gasteiger partial charge is 0.381 e. The minimum Gasteiger partial charge on any atom is -0.381 e. The number of benzene rings is 1. The van der Waals surface area contributed by atoms with Crippen LogP contribution < -0.4 is 0 Å².